The van der Waals surface area contributed by atoms with Crippen molar-refractivity contribution < 1.29 is 0 Å². The molecule has 1 aliphatic heterocycles. The molecule has 20 heavy (non-hydrogen) atoms. The summed E-state index contributed by atoms with van der Waals surface area (Å²) < 4.78 is 0. The van der Waals surface area contributed by atoms with Crippen molar-refractivity contribution in [2.75, 3.05) is 19.6 Å². The molecule has 1 aromatic carbocycles. The molecule has 2 rings (SSSR count). The van der Waals surface area contributed by atoms with Gasteiger partial charge in [-0.25, -0.2) is 0 Å². The first-order valence-electron chi connectivity index (χ1n) is 7.76. The van der Waals surface area contributed by atoms with Crippen molar-refractivity contribution in [3.05, 3.63) is 35.4 Å². The van der Waals surface area contributed by atoms with Crippen LogP contribution in [0.3, 0.4) is 0 Å². The van der Waals surface area contributed by atoms with Crippen LogP contribution in [0.4, 0.5) is 0 Å². The minimum atomic E-state index is 0.647. The topological polar surface area (TPSA) is 39.1 Å². The van der Waals surface area contributed by atoms with Gasteiger partial charge in [0.05, 0.1) is 11.6 Å². The van der Waals surface area contributed by atoms with E-state index in [0.717, 1.165) is 25.2 Å². The lowest BCUT2D eigenvalue weighted by atomic mass is 10.0. The van der Waals surface area contributed by atoms with Crippen LogP contribution < -0.4 is 5.32 Å². The summed E-state index contributed by atoms with van der Waals surface area (Å²) in [6.45, 7) is 6.66. The molecule has 0 radical (unpaired) electrons. The van der Waals surface area contributed by atoms with Gasteiger partial charge < -0.3 is 5.32 Å². The van der Waals surface area contributed by atoms with Crippen LogP contribution in [-0.4, -0.2) is 30.6 Å². The summed E-state index contributed by atoms with van der Waals surface area (Å²) in [6, 6.07) is 10.8. The lowest BCUT2D eigenvalue weighted by Gasteiger charge is -2.30. The smallest absolute Gasteiger partial charge is 0.0991 e. The van der Waals surface area contributed by atoms with Gasteiger partial charge in [-0.05, 0) is 50.0 Å². The van der Waals surface area contributed by atoms with Crippen LogP contribution >= 0.6 is 0 Å². The van der Waals surface area contributed by atoms with Crippen LogP contribution in [-0.2, 0) is 6.54 Å². The summed E-state index contributed by atoms with van der Waals surface area (Å²) >= 11 is 0. The molecular formula is C17H25N3. The van der Waals surface area contributed by atoms with E-state index in [0.29, 0.717) is 6.04 Å². The summed E-state index contributed by atoms with van der Waals surface area (Å²) in [7, 11) is 0. The third kappa shape index (κ3) is 4.63. The van der Waals surface area contributed by atoms with E-state index in [1.54, 1.807) is 0 Å². The minimum absolute atomic E-state index is 0.647. The van der Waals surface area contributed by atoms with E-state index < -0.39 is 0 Å². The number of hydrogen-bond acceptors (Lipinski definition) is 3. The van der Waals surface area contributed by atoms with Gasteiger partial charge in [-0.2, -0.15) is 5.26 Å². The van der Waals surface area contributed by atoms with E-state index in [-0.39, 0.29) is 0 Å². The maximum atomic E-state index is 8.84. The predicted octanol–water partition coefficient (Wildman–Crippen LogP) is 2.91. The fourth-order valence-electron chi connectivity index (χ4n) is 2.89. The molecule has 0 saturated carbocycles. The zero-order valence-corrected chi connectivity index (χ0v) is 12.4. The van der Waals surface area contributed by atoms with Crippen LogP contribution in [0.15, 0.2) is 24.3 Å². The molecule has 0 aromatic heterocycles. The highest BCUT2D eigenvalue weighted by molar-refractivity contribution is 5.31. The van der Waals surface area contributed by atoms with Crippen LogP contribution in [0.5, 0.6) is 0 Å². The van der Waals surface area contributed by atoms with E-state index in [2.05, 4.69) is 35.3 Å². The van der Waals surface area contributed by atoms with Crippen molar-refractivity contribution in [2.24, 2.45) is 0 Å². The largest absolute Gasteiger partial charge is 0.313 e. The summed E-state index contributed by atoms with van der Waals surface area (Å²) in [5.41, 5.74) is 2.04. The first kappa shape index (κ1) is 15.0. The fourth-order valence-corrected chi connectivity index (χ4v) is 2.89. The van der Waals surface area contributed by atoms with Crippen molar-refractivity contribution in [3.8, 4) is 6.07 Å². The van der Waals surface area contributed by atoms with Gasteiger partial charge in [0.15, 0.2) is 0 Å². The molecule has 1 unspecified atom stereocenters. The maximum Gasteiger partial charge on any atom is 0.0991 e. The third-order valence-corrected chi connectivity index (χ3v) is 3.92. The molecule has 1 heterocycles. The number of benzene rings is 1. The molecule has 0 aliphatic carbocycles. The van der Waals surface area contributed by atoms with Gasteiger partial charge in [0.1, 0.15) is 0 Å². The van der Waals surface area contributed by atoms with Gasteiger partial charge >= 0.3 is 0 Å². The van der Waals surface area contributed by atoms with Crippen LogP contribution in [0, 0.1) is 11.3 Å². The van der Waals surface area contributed by atoms with Crippen molar-refractivity contribution in [3.63, 3.8) is 0 Å². The highest BCUT2D eigenvalue weighted by Crippen LogP contribution is 2.12. The second-order valence-corrected chi connectivity index (χ2v) is 5.69. The van der Waals surface area contributed by atoms with E-state index in [1.807, 2.05) is 12.1 Å². The Morgan fingerprint density at radius 1 is 1.30 bits per heavy atom. The Morgan fingerprint density at radius 3 is 2.70 bits per heavy atom. The summed E-state index contributed by atoms with van der Waals surface area (Å²) in [5.74, 6) is 0. The molecule has 1 saturated heterocycles. The van der Waals surface area contributed by atoms with Crippen molar-refractivity contribution in [1.29, 1.82) is 5.26 Å². The Morgan fingerprint density at radius 2 is 2.10 bits per heavy atom. The zero-order valence-electron chi connectivity index (χ0n) is 12.4. The van der Waals surface area contributed by atoms with E-state index in [9.17, 15) is 0 Å². The second-order valence-electron chi connectivity index (χ2n) is 5.69. The Hall–Kier alpha value is -1.37. The summed E-state index contributed by atoms with van der Waals surface area (Å²) in [4.78, 5) is 2.53. The number of rotatable bonds is 6. The SMILES string of the molecule is CCCN(Cc1ccc(C#N)cc1)CC1CCCCN1. The lowest BCUT2D eigenvalue weighted by molar-refractivity contribution is 0.217. The van der Waals surface area contributed by atoms with Crippen molar-refractivity contribution in [2.45, 2.75) is 45.2 Å². The molecule has 0 bridgehead atoms. The number of nitriles is 1. The quantitative estimate of drug-likeness (QED) is 0.864. The first-order chi connectivity index (χ1) is 9.81. The normalized spacial score (nSPS) is 18.9. The molecule has 0 spiro atoms. The van der Waals surface area contributed by atoms with E-state index in [4.69, 9.17) is 5.26 Å². The van der Waals surface area contributed by atoms with Gasteiger partial charge in [0, 0.05) is 19.1 Å². The standard InChI is InChI=1S/C17H25N3/c1-2-11-20(14-17-5-3-4-10-19-17)13-16-8-6-15(12-18)7-9-16/h6-9,17,19H,2-5,10-11,13-14H2,1H3. The molecule has 1 atom stereocenters. The fraction of sp³-hybridized carbons (Fsp3) is 0.588. The number of nitrogens with one attached hydrogen (secondary N) is 1. The van der Waals surface area contributed by atoms with E-state index in [1.165, 1.54) is 37.8 Å². The monoisotopic (exact) mass is 271 g/mol. The van der Waals surface area contributed by atoms with Gasteiger partial charge in [0.25, 0.3) is 0 Å². The highest BCUT2D eigenvalue weighted by Gasteiger charge is 2.16. The number of piperidine rings is 1. The van der Waals surface area contributed by atoms with Gasteiger partial charge in [-0.15, -0.1) is 0 Å². The Balaban J connectivity index is 1.91. The van der Waals surface area contributed by atoms with Crippen molar-refractivity contribution in [1.82, 2.24) is 10.2 Å². The molecular weight excluding hydrogens is 246 g/mol. The average Bonchev–Trinajstić information content (AvgIpc) is 2.49. The zero-order chi connectivity index (χ0) is 14.2. The molecule has 1 aromatic rings. The van der Waals surface area contributed by atoms with Crippen molar-refractivity contribution >= 4 is 0 Å². The van der Waals surface area contributed by atoms with Gasteiger partial charge in [-0.1, -0.05) is 25.5 Å². The molecule has 1 aliphatic rings. The molecule has 0 amide bonds. The Kier molecular flexibility index (Phi) is 6.04. The molecule has 108 valence electrons. The molecule has 1 fully saturated rings. The molecule has 3 heteroatoms. The van der Waals surface area contributed by atoms with Gasteiger partial charge in [0.2, 0.25) is 0 Å². The first-order valence-corrected chi connectivity index (χ1v) is 7.76. The Labute approximate surface area is 122 Å². The summed E-state index contributed by atoms with van der Waals surface area (Å²) in [5, 5.41) is 12.5. The Bertz CT molecular complexity index is 427. The third-order valence-electron chi connectivity index (χ3n) is 3.92. The second kappa shape index (κ2) is 8.04. The van der Waals surface area contributed by atoms with Crippen LogP contribution in [0.1, 0.15) is 43.7 Å². The van der Waals surface area contributed by atoms with Crippen LogP contribution in [0.25, 0.3) is 0 Å². The number of nitrogens with zero attached hydrogens (tertiary/aromatic N) is 2. The minimum Gasteiger partial charge on any atom is -0.313 e. The van der Waals surface area contributed by atoms with Gasteiger partial charge in [-0.3, -0.25) is 4.90 Å². The van der Waals surface area contributed by atoms with Crippen LogP contribution in [0.2, 0.25) is 0 Å². The summed E-state index contributed by atoms with van der Waals surface area (Å²) in [6.07, 6.45) is 5.16. The molecule has 1 N–H and O–H groups in total. The molecule has 3 nitrogen and oxygen atoms in total. The average molecular weight is 271 g/mol. The maximum absolute atomic E-state index is 8.84. The predicted molar refractivity (Wildman–Crippen MR) is 82.4 cm³/mol. The highest BCUT2D eigenvalue weighted by atomic mass is 15.1. The van der Waals surface area contributed by atoms with E-state index >= 15 is 0 Å². The number of hydrogen-bond donors (Lipinski definition) is 1. The lowest BCUT2D eigenvalue weighted by Crippen LogP contribution is -2.43.